The minimum atomic E-state index is -0.0849. The molecule has 1 saturated heterocycles. The Morgan fingerprint density at radius 1 is 1.05 bits per heavy atom. The van der Waals surface area contributed by atoms with E-state index in [1.807, 2.05) is 0 Å². The van der Waals surface area contributed by atoms with Gasteiger partial charge in [-0.2, -0.15) is 0 Å². The van der Waals surface area contributed by atoms with Gasteiger partial charge in [0.05, 0.1) is 11.2 Å². The van der Waals surface area contributed by atoms with E-state index in [4.69, 9.17) is 4.74 Å². The van der Waals surface area contributed by atoms with Crippen molar-refractivity contribution < 1.29 is 4.74 Å². The summed E-state index contributed by atoms with van der Waals surface area (Å²) in [6.45, 7) is 14.6. The van der Waals surface area contributed by atoms with Crippen LogP contribution in [0.15, 0.2) is 0 Å². The maximum Gasteiger partial charge on any atom is 0.0790 e. The summed E-state index contributed by atoms with van der Waals surface area (Å²) in [4.78, 5) is 2.55. The Bertz CT molecular complexity index is 334. The van der Waals surface area contributed by atoms with Crippen LogP contribution in [0.2, 0.25) is 0 Å². The fourth-order valence-corrected chi connectivity index (χ4v) is 4.68. The SMILES string of the molecule is CCNC1C(CN(C)CC2CCCC2)C(C)(C)OC1(C)C. The van der Waals surface area contributed by atoms with Gasteiger partial charge < -0.3 is 15.0 Å². The van der Waals surface area contributed by atoms with E-state index in [2.05, 4.69) is 51.9 Å². The van der Waals surface area contributed by atoms with Gasteiger partial charge >= 0.3 is 0 Å². The molecule has 2 fully saturated rings. The van der Waals surface area contributed by atoms with Gasteiger partial charge in [-0.1, -0.05) is 19.8 Å². The molecule has 1 N–H and O–H groups in total. The standard InChI is InChI=1S/C18H36N2O/c1-7-19-16-15(17(2,3)21-18(16,4)5)13-20(6)12-14-10-8-9-11-14/h14-16,19H,7-13H2,1-6H3. The second-order valence-corrected chi connectivity index (χ2v) is 8.32. The van der Waals surface area contributed by atoms with Crippen LogP contribution in [-0.2, 0) is 4.74 Å². The first-order valence-corrected chi connectivity index (χ1v) is 8.88. The van der Waals surface area contributed by atoms with Crippen molar-refractivity contribution in [2.24, 2.45) is 11.8 Å². The summed E-state index contributed by atoms with van der Waals surface area (Å²) in [6, 6.07) is 0.434. The molecule has 3 heteroatoms. The van der Waals surface area contributed by atoms with Crippen LogP contribution in [0.5, 0.6) is 0 Å². The molecule has 1 aliphatic carbocycles. The number of hydrogen-bond donors (Lipinski definition) is 1. The lowest BCUT2D eigenvalue weighted by Crippen LogP contribution is -2.50. The van der Waals surface area contributed by atoms with Gasteiger partial charge in [-0.05, 0) is 60.0 Å². The molecule has 1 heterocycles. The van der Waals surface area contributed by atoms with Crippen LogP contribution >= 0.6 is 0 Å². The lowest BCUT2D eigenvalue weighted by atomic mass is 9.82. The number of nitrogens with one attached hydrogen (secondary N) is 1. The van der Waals surface area contributed by atoms with Crippen LogP contribution in [0.3, 0.4) is 0 Å². The predicted molar refractivity (Wildman–Crippen MR) is 89.7 cm³/mol. The molecule has 0 aromatic rings. The van der Waals surface area contributed by atoms with Crippen molar-refractivity contribution in [1.29, 1.82) is 0 Å². The van der Waals surface area contributed by atoms with Gasteiger partial charge in [0.15, 0.2) is 0 Å². The number of rotatable bonds is 6. The molecule has 0 radical (unpaired) electrons. The van der Waals surface area contributed by atoms with Crippen molar-refractivity contribution in [3.8, 4) is 0 Å². The van der Waals surface area contributed by atoms with Gasteiger partial charge in [-0.15, -0.1) is 0 Å². The zero-order valence-corrected chi connectivity index (χ0v) is 15.0. The molecule has 2 aliphatic rings. The molecular weight excluding hydrogens is 260 g/mol. The average Bonchev–Trinajstić information content (AvgIpc) is 2.89. The van der Waals surface area contributed by atoms with Crippen LogP contribution < -0.4 is 5.32 Å². The molecule has 124 valence electrons. The van der Waals surface area contributed by atoms with Gasteiger partial charge in [0.2, 0.25) is 0 Å². The monoisotopic (exact) mass is 296 g/mol. The first-order valence-electron chi connectivity index (χ1n) is 8.88. The zero-order valence-electron chi connectivity index (χ0n) is 15.0. The second kappa shape index (κ2) is 6.55. The van der Waals surface area contributed by atoms with Crippen LogP contribution in [0.4, 0.5) is 0 Å². The third kappa shape index (κ3) is 4.00. The van der Waals surface area contributed by atoms with Crippen molar-refractivity contribution in [1.82, 2.24) is 10.2 Å². The summed E-state index contributed by atoms with van der Waals surface area (Å²) in [5.74, 6) is 1.46. The van der Waals surface area contributed by atoms with E-state index in [0.29, 0.717) is 12.0 Å². The van der Waals surface area contributed by atoms with Gasteiger partial charge in [-0.25, -0.2) is 0 Å². The second-order valence-electron chi connectivity index (χ2n) is 8.32. The molecule has 1 aliphatic heterocycles. The van der Waals surface area contributed by atoms with Crippen molar-refractivity contribution >= 4 is 0 Å². The lowest BCUT2D eigenvalue weighted by Gasteiger charge is -2.34. The quantitative estimate of drug-likeness (QED) is 0.814. The van der Waals surface area contributed by atoms with Crippen molar-refractivity contribution in [2.75, 3.05) is 26.7 Å². The molecular formula is C18H36N2O. The maximum atomic E-state index is 6.40. The molecule has 0 aromatic carbocycles. The summed E-state index contributed by atoms with van der Waals surface area (Å²) >= 11 is 0. The summed E-state index contributed by atoms with van der Waals surface area (Å²) in [7, 11) is 2.29. The molecule has 1 saturated carbocycles. The van der Waals surface area contributed by atoms with Gasteiger partial charge in [0, 0.05) is 25.0 Å². The summed E-state index contributed by atoms with van der Waals surface area (Å²) in [6.07, 6.45) is 5.72. The highest BCUT2D eigenvalue weighted by Gasteiger charge is 2.53. The van der Waals surface area contributed by atoms with Gasteiger partial charge in [-0.3, -0.25) is 0 Å². The number of nitrogens with zero attached hydrogens (tertiary/aromatic N) is 1. The lowest BCUT2D eigenvalue weighted by molar-refractivity contribution is -0.0793. The average molecular weight is 296 g/mol. The topological polar surface area (TPSA) is 24.5 Å². The maximum absolute atomic E-state index is 6.40. The molecule has 2 rings (SSSR count). The molecule has 21 heavy (non-hydrogen) atoms. The van der Waals surface area contributed by atoms with Crippen LogP contribution in [-0.4, -0.2) is 48.8 Å². The van der Waals surface area contributed by atoms with Gasteiger partial charge in [0.25, 0.3) is 0 Å². The number of likely N-dealkylation sites (N-methyl/N-ethyl adjacent to an activating group) is 1. The summed E-state index contributed by atoms with van der Waals surface area (Å²) < 4.78 is 6.40. The van der Waals surface area contributed by atoms with E-state index in [1.54, 1.807) is 0 Å². The first kappa shape index (κ1) is 17.2. The Hall–Kier alpha value is -0.120. The first-order chi connectivity index (χ1) is 9.76. The fraction of sp³-hybridized carbons (Fsp3) is 1.00. The third-order valence-electron chi connectivity index (χ3n) is 5.55. The molecule has 0 bridgehead atoms. The van der Waals surface area contributed by atoms with E-state index < -0.39 is 0 Å². The predicted octanol–water partition coefficient (Wildman–Crippen LogP) is 3.29. The van der Waals surface area contributed by atoms with Crippen LogP contribution in [0.1, 0.15) is 60.3 Å². The highest BCUT2D eigenvalue weighted by molar-refractivity contribution is 5.06. The molecule has 2 atom stereocenters. The largest absolute Gasteiger partial charge is 0.368 e. The Labute approximate surface area is 131 Å². The summed E-state index contributed by atoms with van der Waals surface area (Å²) in [5, 5.41) is 3.69. The Morgan fingerprint density at radius 3 is 2.24 bits per heavy atom. The van der Waals surface area contributed by atoms with Crippen molar-refractivity contribution in [3.05, 3.63) is 0 Å². The number of hydrogen-bond acceptors (Lipinski definition) is 3. The molecule has 0 spiro atoms. The smallest absolute Gasteiger partial charge is 0.0790 e. The van der Waals surface area contributed by atoms with Crippen molar-refractivity contribution in [2.45, 2.75) is 77.5 Å². The van der Waals surface area contributed by atoms with Crippen molar-refractivity contribution in [3.63, 3.8) is 0 Å². The molecule has 3 nitrogen and oxygen atoms in total. The van der Waals surface area contributed by atoms with Gasteiger partial charge in [0.1, 0.15) is 0 Å². The molecule has 2 unspecified atom stereocenters. The minimum absolute atomic E-state index is 0.0553. The molecule has 0 amide bonds. The molecule has 0 aromatic heterocycles. The highest BCUT2D eigenvalue weighted by atomic mass is 16.5. The van der Waals surface area contributed by atoms with Crippen LogP contribution in [0.25, 0.3) is 0 Å². The zero-order chi connectivity index (χ0) is 15.7. The van der Waals surface area contributed by atoms with E-state index >= 15 is 0 Å². The van der Waals surface area contributed by atoms with E-state index in [0.717, 1.165) is 19.0 Å². The Balaban J connectivity index is 2.00. The van der Waals surface area contributed by atoms with Crippen LogP contribution in [0, 0.1) is 11.8 Å². The summed E-state index contributed by atoms with van der Waals surface area (Å²) in [5.41, 5.74) is -0.140. The van der Waals surface area contributed by atoms with E-state index in [9.17, 15) is 0 Å². The minimum Gasteiger partial charge on any atom is -0.368 e. The fourth-order valence-electron chi connectivity index (χ4n) is 4.68. The van der Waals surface area contributed by atoms with E-state index in [-0.39, 0.29) is 11.2 Å². The third-order valence-corrected chi connectivity index (χ3v) is 5.55. The highest BCUT2D eigenvalue weighted by Crippen LogP contribution is 2.42. The Kier molecular flexibility index (Phi) is 5.38. The number of ether oxygens (including phenoxy) is 1. The van der Waals surface area contributed by atoms with E-state index in [1.165, 1.54) is 32.2 Å². The Morgan fingerprint density at radius 2 is 1.67 bits per heavy atom. The normalized spacial score (nSPS) is 32.1.